The monoisotopic (exact) mass is 373 g/mol. The molecule has 8 heteroatoms. The van der Waals surface area contributed by atoms with E-state index in [1.165, 1.54) is 0 Å². The van der Waals surface area contributed by atoms with Gasteiger partial charge in [0.2, 0.25) is 5.91 Å². The van der Waals surface area contributed by atoms with Crippen LogP contribution >= 0.6 is 0 Å². The Kier molecular flexibility index (Phi) is 7.43. The van der Waals surface area contributed by atoms with Crippen LogP contribution in [0.4, 0.5) is 18.9 Å². The van der Waals surface area contributed by atoms with Gasteiger partial charge in [-0.15, -0.1) is 0 Å². The maximum absolute atomic E-state index is 13.6. The Morgan fingerprint density at radius 3 is 2.77 bits per heavy atom. The number of hydrogen-bond donors (Lipinski definition) is 1. The number of nitrogens with zero attached hydrogens (tertiary/aromatic N) is 2. The number of anilines is 1. The molecule has 0 unspecified atom stereocenters. The smallest absolute Gasteiger partial charge is 0.238 e. The first-order valence-corrected chi connectivity index (χ1v) is 8.72. The number of hydrogen-bond acceptors (Lipinski definition) is 4. The summed E-state index contributed by atoms with van der Waals surface area (Å²) < 4.78 is 45.5. The van der Waals surface area contributed by atoms with Crippen LogP contribution in [0, 0.1) is 23.4 Å². The maximum atomic E-state index is 13.6. The Hall–Kier alpha value is -1.64. The highest BCUT2D eigenvalue weighted by Crippen LogP contribution is 2.19. The molecule has 0 saturated carbocycles. The number of nitrogens with one attached hydrogen (secondary N) is 1. The van der Waals surface area contributed by atoms with Crippen molar-refractivity contribution in [2.75, 3.05) is 51.7 Å². The minimum Gasteiger partial charge on any atom is -0.374 e. The van der Waals surface area contributed by atoms with Gasteiger partial charge in [-0.2, -0.15) is 0 Å². The van der Waals surface area contributed by atoms with Crippen molar-refractivity contribution in [3.63, 3.8) is 0 Å². The fraction of sp³-hybridized carbons (Fsp3) is 0.611. The quantitative estimate of drug-likeness (QED) is 0.745. The van der Waals surface area contributed by atoms with Crippen molar-refractivity contribution in [2.45, 2.75) is 20.0 Å². The summed E-state index contributed by atoms with van der Waals surface area (Å²) in [5.41, 5.74) is -0.376. The molecule has 0 radical (unpaired) electrons. The zero-order valence-corrected chi connectivity index (χ0v) is 15.4. The van der Waals surface area contributed by atoms with E-state index in [1.807, 2.05) is 0 Å². The number of likely N-dealkylation sites (N-methyl/N-ethyl adjacent to an activating group) is 1. The van der Waals surface area contributed by atoms with Crippen molar-refractivity contribution in [3.8, 4) is 0 Å². The molecule has 0 spiro atoms. The zero-order valence-electron chi connectivity index (χ0n) is 15.4. The summed E-state index contributed by atoms with van der Waals surface area (Å²) in [5.74, 6) is -4.23. The summed E-state index contributed by atoms with van der Waals surface area (Å²) in [6.45, 7) is 8.20. The molecule has 146 valence electrons. The minimum absolute atomic E-state index is 0.0114. The van der Waals surface area contributed by atoms with Crippen LogP contribution in [-0.2, 0) is 9.53 Å². The van der Waals surface area contributed by atoms with Gasteiger partial charge in [-0.3, -0.25) is 14.6 Å². The highest BCUT2D eigenvalue weighted by atomic mass is 19.2. The fourth-order valence-electron chi connectivity index (χ4n) is 3.04. The molecule has 0 aliphatic carbocycles. The molecule has 1 atom stereocenters. The zero-order chi connectivity index (χ0) is 19.3. The van der Waals surface area contributed by atoms with Gasteiger partial charge in [-0.05, 0) is 25.1 Å². The normalized spacial score (nSPS) is 18.5. The summed E-state index contributed by atoms with van der Waals surface area (Å²) in [4.78, 5) is 16.1. The Morgan fingerprint density at radius 2 is 2.08 bits per heavy atom. The van der Waals surface area contributed by atoms with Gasteiger partial charge in [0.15, 0.2) is 17.5 Å². The Bertz CT molecular complexity index is 628. The number of carbonyl (C=O) groups is 1. The molecule has 1 fully saturated rings. The van der Waals surface area contributed by atoms with E-state index < -0.39 is 23.4 Å². The number of rotatable bonds is 7. The lowest BCUT2D eigenvalue weighted by atomic mass is 10.1. The maximum Gasteiger partial charge on any atom is 0.238 e. The molecule has 1 amide bonds. The highest BCUT2D eigenvalue weighted by Gasteiger charge is 2.23. The van der Waals surface area contributed by atoms with E-state index in [1.54, 1.807) is 11.9 Å². The second kappa shape index (κ2) is 9.34. The first-order valence-electron chi connectivity index (χ1n) is 8.72. The van der Waals surface area contributed by atoms with Gasteiger partial charge in [-0.25, -0.2) is 13.2 Å². The van der Waals surface area contributed by atoms with Gasteiger partial charge < -0.3 is 10.1 Å². The average molecular weight is 373 g/mol. The first kappa shape index (κ1) is 20.7. The molecule has 1 aliphatic rings. The third-order valence-corrected chi connectivity index (χ3v) is 4.08. The van der Waals surface area contributed by atoms with E-state index in [0.29, 0.717) is 19.1 Å². The third kappa shape index (κ3) is 5.96. The molecule has 2 rings (SSSR count). The number of halogens is 3. The van der Waals surface area contributed by atoms with Crippen LogP contribution in [0.15, 0.2) is 12.1 Å². The van der Waals surface area contributed by atoms with Crippen LogP contribution in [0.5, 0.6) is 0 Å². The van der Waals surface area contributed by atoms with Crippen molar-refractivity contribution in [3.05, 3.63) is 29.6 Å². The summed E-state index contributed by atoms with van der Waals surface area (Å²) in [5, 5.41) is 2.27. The molecule has 1 saturated heterocycles. The SMILES string of the molecule is CC(C)CN1CCO[C@@H](CN(C)CC(=O)Nc2ccc(F)c(F)c2F)C1. The first-order chi connectivity index (χ1) is 12.3. The van der Waals surface area contributed by atoms with Crippen molar-refractivity contribution < 1.29 is 22.7 Å². The van der Waals surface area contributed by atoms with Gasteiger partial charge in [0.1, 0.15) is 0 Å². The van der Waals surface area contributed by atoms with E-state index in [4.69, 9.17) is 4.74 Å². The molecule has 26 heavy (non-hydrogen) atoms. The van der Waals surface area contributed by atoms with E-state index in [9.17, 15) is 18.0 Å². The highest BCUT2D eigenvalue weighted by molar-refractivity contribution is 5.92. The van der Waals surface area contributed by atoms with Crippen molar-refractivity contribution in [2.24, 2.45) is 5.92 Å². The van der Waals surface area contributed by atoms with Gasteiger partial charge in [0, 0.05) is 26.2 Å². The Labute approximate surface area is 152 Å². The van der Waals surface area contributed by atoms with E-state index in [2.05, 4.69) is 24.1 Å². The molecule has 1 aromatic carbocycles. The average Bonchev–Trinajstić information content (AvgIpc) is 2.55. The lowest BCUT2D eigenvalue weighted by Crippen LogP contribution is -2.48. The summed E-state index contributed by atoms with van der Waals surface area (Å²) in [6.07, 6.45) is -0.0136. The largest absolute Gasteiger partial charge is 0.374 e. The van der Waals surface area contributed by atoms with E-state index >= 15 is 0 Å². The summed E-state index contributed by atoms with van der Waals surface area (Å²) in [6, 6.07) is 1.77. The van der Waals surface area contributed by atoms with Crippen LogP contribution in [0.1, 0.15) is 13.8 Å². The second-order valence-electron chi connectivity index (χ2n) is 7.11. The molecule has 1 aromatic rings. The molecule has 1 aliphatic heterocycles. The predicted octanol–water partition coefficient (Wildman–Crippen LogP) is 2.33. The predicted molar refractivity (Wildman–Crippen MR) is 93.5 cm³/mol. The van der Waals surface area contributed by atoms with Crippen LogP contribution in [-0.4, -0.2) is 68.2 Å². The van der Waals surface area contributed by atoms with Gasteiger partial charge in [0.25, 0.3) is 0 Å². The standard InChI is InChI=1S/C18H26F3N3O2/c1-12(2)8-24-6-7-26-13(10-24)9-23(3)11-16(25)22-15-5-4-14(19)17(20)18(15)21/h4-5,12-13H,6-11H2,1-3H3,(H,22,25)/t13-/m0/s1. The summed E-state index contributed by atoms with van der Waals surface area (Å²) in [7, 11) is 1.76. The van der Waals surface area contributed by atoms with Crippen LogP contribution < -0.4 is 5.32 Å². The second-order valence-corrected chi connectivity index (χ2v) is 7.11. The van der Waals surface area contributed by atoms with Crippen molar-refractivity contribution in [1.82, 2.24) is 9.80 Å². The number of benzene rings is 1. The third-order valence-electron chi connectivity index (χ3n) is 4.08. The summed E-state index contributed by atoms with van der Waals surface area (Å²) >= 11 is 0. The number of amides is 1. The molecule has 0 bridgehead atoms. The van der Waals surface area contributed by atoms with Gasteiger partial charge >= 0.3 is 0 Å². The molecular formula is C18H26F3N3O2. The minimum atomic E-state index is -1.60. The van der Waals surface area contributed by atoms with Crippen LogP contribution in [0.25, 0.3) is 0 Å². The van der Waals surface area contributed by atoms with Gasteiger partial charge in [-0.1, -0.05) is 13.8 Å². The number of ether oxygens (including phenoxy) is 1. The van der Waals surface area contributed by atoms with Gasteiger partial charge in [0.05, 0.1) is 24.9 Å². The lowest BCUT2D eigenvalue weighted by molar-refractivity contribution is -0.117. The van der Waals surface area contributed by atoms with Crippen LogP contribution in [0.3, 0.4) is 0 Å². The molecule has 5 nitrogen and oxygen atoms in total. The topological polar surface area (TPSA) is 44.8 Å². The number of morpholine rings is 1. The van der Waals surface area contributed by atoms with Crippen molar-refractivity contribution in [1.29, 1.82) is 0 Å². The van der Waals surface area contributed by atoms with Crippen LogP contribution in [0.2, 0.25) is 0 Å². The molecule has 0 aromatic heterocycles. The molecular weight excluding hydrogens is 347 g/mol. The fourth-order valence-corrected chi connectivity index (χ4v) is 3.04. The number of carbonyl (C=O) groups excluding carboxylic acids is 1. The van der Waals surface area contributed by atoms with E-state index in [-0.39, 0.29) is 18.3 Å². The lowest BCUT2D eigenvalue weighted by Gasteiger charge is -2.35. The van der Waals surface area contributed by atoms with E-state index in [0.717, 1.165) is 31.8 Å². The Morgan fingerprint density at radius 1 is 1.35 bits per heavy atom. The van der Waals surface area contributed by atoms with Crippen molar-refractivity contribution >= 4 is 11.6 Å². The Balaban J connectivity index is 1.83. The molecule has 1 N–H and O–H groups in total. The molecule has 1 heterocycles.